The number of benzene rings is 2. The zero-order valence-electron chi connectivity index (χ0n) is 10.9. The van der Waals surface area contributed by atoms with Gasteiger partial charge in [0.1, 0.15) is 18.4 Å². The molecule has 0 atom stereocenters. The maximum atomic E-state index is 9.00. The molecule has 0 saturated heterocycles. The van der Waals surface area contributed by atoms with Gasteiger partial charge in [0.15, 0.2) is 0 Å². The first-order valence-electron chi connectivity index (χ1n) is 6.40. The van der Waals surface area contributed by atoms with E-state index in [1.54, 1.807) is 6.07 Å². The predicted molar refractivity (Wildman–Crippen MR) is 76.4 cm³/mol. The van der Waals surface area contributed by atoms with Crippen molar-refractivity contribution >= 4 is 11.0 Å². The van der Waals surface area contributed by atoms with Crippen molar-refractivity contribution in [2.45, 2.75) is 6.54 Å². The van der Waals surface area contributed by atoms with Crippen molar-refractivity contribution in [3.8, 4) is 11.8 Å². The minimum Gasteiger partial charge on any atom is -0.490 e. The van der Waals surface area contributed by atoms with E-state index in [-0.39, 0.29) is 0 Å². The second-order valence-electron chi connectivity index (χ2n) is 4.38. The van der Waals surface area contributed by atoms with E-state index in [0.717, 1.165) is 11.0 Å². The Balaban J connectivity index is 1.70. The number of rotatable bonds is 4. The van der Waals surface area contributed by atoms with Crippen molar-refractivity contribution in [2.24, 2.45) is 0 Å². The molecule has 0 unspecified atom stereocenters. The number of imidazole rings is 1. The van der Waals surface area contributed by atoms with Crippen LogP contribution >= 0.6 is 0 Å². The summed E-state index contributed by atoms with van der Waals surface area (Å²) in [6.07, 6.45) is 1.81. The summed E-state index contributed by atoms with van der Waals surface area (Å²) in [5, 5.41) is 9.00. The standard InChI is InChI=1S/C16H13N3O/c17-11-13-5-1-4-8-16(13)20-10-9-19-12-18-14-6-2-3-7-15(14)19/h1-8,12H,9-10H2. The first kappa shape index (κ1) is 12.2. The number of nitriles is 1. The first-order valence-corrected chi connectivity index (χ1v) is 6.40. The topological polar surface area (TPSA) is 50.8 Å². The van der Waals surface area contributed by atoms with Crippen LogP contribution in [0.15, 0.2) is 54.9 Å². The Morgan fingerprint density at radius 3 is 2.80 bits per heavy atom. The van der Waals surface area contributed by atoms with Crippen molar-refractivity contribution < 1.29 is 4.74 Å². The van der Waals surface area contributed by atoms with E-state index in [1.807, 2.05) is 53.4 Å². The minimum atomic E-state index is 0.499. The Hall–Kier alpha value is -2.80. The molecule has 0 saturated carbocycles. The fourth-order valence-electron chi connectivity index (χ4n) is 2.13. The Morgan fingerprint density at radius 1 is 1.10 bits per heavy atom. The molecule has 0 bridgehead atoms. The Kier molecular flexibility index (Phi) is 3.34. The molecular weight excluding hydrogens is 250 g/mol. The zero-order valence-corrected chi connectivity index (χ0v) is 10.9. The third kappa shape index (κ3) is 2.34. The van der Waals surface area contributed by atoms with Gasteiger partial charge in [-0.05, 0) is 24.3 Å². The highest BCUT2D eigenvalue weighted by atomic mass is 16.5. The molecule has 4 heteroatoms. The summed E-state index contributed by atoms with van der Waals surface area (Å²) in [7, 11) is 0. The molecule has 1 heterocycles. The minimum absolute atomic E-state index is 0.499. The number of aromatic nitrogens is 2. The fourth-order valence-corrected chi connectivity index (χ4v) is 2.13. The summed E-state index contributed by atoms with van der Waals surface area (Å²) in [5.74, 6) is 0.624. The van der Waals surface area contributed by atoms with Crippen LogP contribution in [0.4, 0.5) is 0 Å². The zero-order chi connectivity index (χ0) is 13.8. The van der Waals surface area contributed by atoms with E-state index in [1.165, 1.54) is 0 Å². The van der Waals surface area contributed by atoms with Crippen LogP contribution in [-0.2, 0) is 6.54 Å². The van der Waals surface area contributed by atoms with Crippen molar-refractivity contribution in [1.29, 1.82) is 5.26 Å². The van der Waals surface area contributed by atoms with Gasteiger partial charge in [0.05, 0.1) is 29.5 Å². The number of hydrogen-bond donors (Lipinski definition) is 0. The fraction of sp³-hybridized carbons (Fsp3) is 0.125. The lowest BCUT2D eigenvalue weighted by atomic mass is 10.2. The number of nitrogens with zero attached hydrogens (tertiary/aromatic N) is 3. The lowest BCUT2D eigenvalue weighted by molar-refractivity contribution is 0.299. The average molecular weight is 263 g/mol. The van der Waals surface area contributed by atoms with Gasteiger partial charge in [-0.25, -0.2) is 4.98 Å². The smallest absolute Gasteiger partial charge is 0.137 e. The molecule has 98 valence electrons. The van der Waals surface area contributed by atoms with Crippen LogP contribution in [0.2, 0.25) is 0 Å². The van der Waals surface area contributed by atoms with Gasteiger partial charge in [-0.2, -0.15) is 5.26 Å². The van der Waals surface area contributed by atoms with Crippen LogP contribution in [-0.4, -0.2) is 16.2 Å². The Bertz CT molecular complexity index is 770. The lowest BCUT2D eigenvalue weighted by Gasteiger charge is -2.08. The molecular formula is C16H13N3O. The molecule has 1 aromatic heterocycles. The van der Waals surface area contributed by atoms with Crippen molar-refractivity contribution in [3.05, 3.63) is 60.4 Å². The van der Waals surface area contributed by atoms with Gasteiger partial charge in [-0.3, -0.25) is 0 Å². The highest BCUT2D eigenvalue weighted by Gasteiger charge is 2.03. The molecule has 2 aromatic carbocycles. The molecule has 3 rings (SSSR count). The van der Waals surface area contributed by atoms with Gasteiger partial charge >= 0.3 is 0 Å². The highest BCUT2D eigenvalue weighted by Crippen LogP contribution is 2.17. The van der Waals surface area contributed by atoms with Crippen molar-refractivity contribution in [1.82, 2.24) is 9.55 Å². The first-order chi connectivity index (χ1) is 9.88. The van der Waals surface area contributed by atoms with Gasteiger partial charge < -0.3 is 9.30 Å². The molecule has 20 heavy (non-hydrogen) atoms. The molecule has 0 amide bonds. The van der Waals surface area contributed by atoms with Crippen LogP contribution in [0.1, 0.15) is 5.56 Å². The average Bonchev–Trinajstić information content (AvgIpc) is 2.91. The Morgan fingerprint density at radius 2 is 1.90 bits per heavy atom. The van der Waals surface area contributed by atoms with Crippen LogP contribution in [0.3, 0.4) is 0 Å². The van der Waals surface area contributed by atoms with Gasteiger partial charge in [0.2, 0.25) is 0 Å². The number of fused-ring (bicyclic) bond motifs is 1. The third-order valence-electron chi connectivity index (χ3n) is 3.12. The second-order valence-corrected chi connectivity index (χ2v) is 4.38. The van der Waals surface area contributed by atoms with Crippen LogP contribution < -0.4 is 4.74 Å². The molecule has 0 aliphatic rings. The highest BCUT2D eigenvalue weighted by molar-refractivity contribution is 5.74. The predicted octanol–water partition coefficient (Wildman–Crippen LogP) is 2.99. The number of hydrogen-bond acceptors (Lipinski definition) is 3. The maximum absolute atomic E-state index is 9.00. The van der Waals surface area contributed by atoms with Crippen molar-refractivity contribution in [2.75, 3.05) is 6.61 Å². The van der Waals surface area contributed by atoms with Crippen molar-refractivity contribution in [3.63, 3.8) is 0 Å². The van der Waals surface area contributed by atoms with E-state index < -0.39 is 0 Å². The van der Waals surface area contributed by atoms with E-state index in [0.29, 0.717) is 24.5 Å². The van der Waals surface area contributed by atoms with E-state index in [2.05, 4.69) is 11.1 Å². The summed E-state index contributed by atoms with van der Waals surface area (Å²) in [5.41, 5.74) is 2.62. The Labute approximate surface area is 116 Å². The maximum Gasteiger partial charge on any atom is 0.137 e. The van der Waals surface area contributed by atoms with E-state index in [9.17, 15) is 0 Å². The quantitative estimate of drug-likeness (QED) is 0.727. The van der Waals surface area contributed by atoms with Gasteiger partial charge in [0, 0.05) is 0 Å². The van der Waals surface area contributed by atoms with E-state index in [4.69, 9.17) is 10.00 Å². The summed E-state index contributed by atoms with van der Waals surface area (Å²) in [4.78, 5) is 4.33. The summed E-state index contributed by atoms with van der Waals surface area (Å²) in [6.45, 7) is 1.19. The number of ether oxygens (including phenoxy) is 1. The molecule has 0 aliphatic heterocycles. The molecule has 0 radical (unpaired) electrons. The molecule has 0 N–H and O–H groups in total. The lowest BCUT2D eigenvalue weighted by Crippen LogP contribution is -2.07. The van der Waals surface area contributed by atoms with Crippen LogP contribution in [0, 0.1) is 11.3 Å². The second kappa shape index (κ2) is 5.45. The third-order valence-corrected chi connectivity index (χ3v) is 3.12. The van der Waals surface area contributed by atoms with Crippen LogP contribution in [0.25, 0.3) is 11.0 Å². The molecule has 0 spiro atoms. The van der Waals surface area contributed by atoms with Gasteiger partial charge in [0.25, 0.3) is 0 Å². The largest absolute Gasteiger partial charge is 0.490 e. The SMILES string of the molecule is N#Cc1ccccc1OCCn1cnc2ccccc21. The molecule has 0 fully saturated rings. The number of para-hydroxylation sites is 3. The van der Waals surface area contributed by atoms with Gasteiger partial charge in [-0.1, -0.05) is 24.3 Å². The molecule has 3 aromatic rings. The summed E-state index contributed by atoms with van der Waals surface area (Å²) < 4.78 is 7.73. The monoisotopic (exact) mass is 263 g/mol. The van der Waals surface area contributed by atoms with Gasteiger partial charge in [-0.15, -0.1) is 0 Å². The normalized spacial score (nSPS) is 10.3. The summed E-state index contributed by atoms with van der Waals surface area (Å²) >= 11 is 0. The summed E-state index contributed by atoms with van der Waals surface area (Å²) in [6, 6.07) is 17.4. The molecule has 4 nitrogen and oxygen atoms in total. The van der Waals surface area contributed by atoms with Crippen LogP contribution in [0.5, 0.6) is 5.75 Å². The van der Waals surface area contributed by atoms with E-state index >= 15 is 0 Å². The molecule has 0 aliphatic carbocycles.